The molecule has 0 saturated heterocycles. The third-order valence-corrected chi connectivity index (χ3v) is 5.30. The van der Waals surface area contributed by atoms with Crippen LogP contribution >= 0.6 is 0 Å². The van der Waals surface area contributed by atoms with E-state index in [-0.39, 0.29) is 12.6 Å². The van der Waals surface area contributed by atoms with Gasteiger partial charge >= 0.3 is 0 Å². The van der Waals surface area contributed by atoms with Crippen molar-refractivity contribution < 1.29 is 29.7 Å². The molecule has 0 aromatic rings. The number of aliphatic hydroxyl groups excluding tert-OH is 3. The van der Waals surface area contributed by atoms with Crippen molar-refractivity contribution >= 4 is 5.97 Å². The van der Waals surface area contributed by atoms with Crippen LogP contribution in [0.25, 0.3) is 0 Å². The number of carbonyl (C=O) groups excluding carboxylic acids is 1. The second kappa shape index (κ2) is 19.3. The van der Waals surface area contributed by atoms with Gasteiger partial charge in [0, 0.05) is 12.9 Å². The van der Waals surface area contributed by atoms with Crippen molar-refractivity contribution in [1.82, 2.24) is 0 Å². The maximum Gasteiger partial charge on any atom is 0.187 e. The van der Waals surface area contributed by atoms with Crippen LogP contribution in [0.15, 0.2) is 0 Å². The lowest BCUT2D eigenvalue weighted by Crippen LogP contribution is -2.42. The van der Waals surface area contributed by atoms with Crippen LogP contribution in [0, 0.1) is 0 Å². The molecule has 0 fully saturated rings. The lowest BCUT2D eigenvalue weighted by molar-refractivity contribution is -0.916. The number of carboxylic acids is 1. The minimum absolute atomic E-state index is 0.138. The SMILES string of the molecule is CC(O)[N+](C)(C)C.CCCCCCCCC(O)C(O)CCCCCCCC(=O)[O-]. The standard InChI is InChI=1S/C18H36O4.C5H14NO/c1-2-3-4-5-7-10-13-16(19)17(20)14-11-8-6-9-12-15-18(21)22;1-5(7)6(2,3)4/h16-17,19-20H,2-15H2,1H3,(H,21,22);5,7H,1-4H3/q;+1/p-1. The molecule has 0 saturated carbocycles. The molecule has 0 aliphatic rings. The van der Waals surface area contributed by atoms with Crippen molar-refractivity contribution in [2.45, 2.75) is 122 Å². The number of carbonyl (C=O) groups is 1. The Bertz CT molecular complexity index is 369. The molecule has 0 aliphatic heterocycles. The molecule has 0 radical (unpaired) electrons. The molecular formula is C23H49NO5. The van der Waals surface area contributed by atoms with Crippen molar-refractivity contribution in [2.75, 3.05) is 21.1 Å². The van der Waals surface area contributed by atoms with Gasteiger partial charge in [-0.25, -0.2) is 0 Å². The highest BCUT2D eigenvalue weighted by molar-refractivity contribution is 5.63. The highest BCUT2D eigenvalue weighted by Gasteiger charge is 2.15. The molecule has 29 heavy (non-hydrogen) atoms. The van der Waals surface area contributed by atoms with E-state index in [1.807, 2.05) is 21.1 Å². The number of hydrogen-bond acceptors (Lipinski definition) is 5. The van der Waals surface area contributed by atoms with Gasteiger partial charge in [-0.15, -0.1) is 0 Å². The zero-order valence-electron chi connectivity index (χ0n) is 19.7. The fourth-order valence-electron chi connectivity index (χ4n) is 2.67. The Balaban J connectivity index is 0. The summed E-state index contributed by atoms with van der Waals surface area (Å²) in [5, 5.41) is 38.9. The van der Waals surface area contributed by atoms with Gasteiger partial charge in [-0.05, 0) is 25.7 Å². The molecule has 0 aromatic heterocycles. The van der Waals surface area contributed by atoms with Gasteiger partial charge in [-0.3, -0.25) is 0 Å². The third kappa shape index (κ3) is 23.5. The Morgan fingerprint density at radius 2 is 1.10 bits per heavy atom. The summed E-state index contributed by atoms with van der Waals surface area (Å²) in [5.41, 5.74) is 0. The van der Waals surface area contributed by atoms with E-state index in [4.69, 9.17) is 5.11 Å². The third-order valence-electron chi connectivity index (χ3n) is 5.30. The van der Waals surface area contributed by atoms with Crippen LogP contribution in [0.4, 0.5) is 0 Å². The number of carboxylic acid groups (broad SMARTS) is 1. The van der Waals surface area contributed by atoms with Crippen molar-refractivity contribution in [3.8, 4) is 0 Å². The average molecular weight is 420 g/mol. The number of aliphatic hydroxyl groups is 3. The Morgan fingerprint density at radius 1 is 0.759 bits per heavy atom. The first kappa shape index (κ1) is 30.5. The van der Waals surface area contributed by atoms with E-state index in [0.717, 1.165) is 38.5 Å². The second-order valence-electron chi connectivity index (χ2n) is 9.12. The zero-order valence-corrected chi connectivity index (χ0v) is 19.7. The van der Waals surface area contributed by atoms with Gasteiger partial charge in [0.1, 0.15) is 0 Å². The number of rotatable bonds is 17. The fraction of sp³-hybridized carbons (Fsp3) is 0.957. The number of quaternary nitrogens is 1. The lowest BCUT2D eigenvalue weighted by atomic mass is 9.99. The van der Waals surface area contributed by atoms with Crippen LogP contribution < -0.4 is 5.11 Å². The van der Waals surface area contributed by atoms with Gasteiger partial charge in [-0.1, -0.05) is 71.1 Å². The van der Waals surface area contributed by atoms with Crippen molar-refractivity contribution in [2.24, 2.45) is 0 Å². The maximum atomic E-state index is 10.2. The van der Waals surface area contributed by atoms with Crippen LogP contribution in [0.2, 0.25) is 0 Å². The Morgan fingerprint density at radius 3 is 1.45 bits per heavy atom. The highest BCUT2D eigenvalue weighted by Crippen LogP contribution is 2.15. The summed E-state index contributed by atoms with van der Waals surface area (Å²) < 4.78 is 0.611. The molecule has 0 heterocycles. The van der Waals surface area contributed by atoms with Gasteiger partial charge in [0.2, 0.25) is 0 Å². The quantitative estimate of drug-likeness (QED) is 0.191. The van der Waals surface area contributed by atoms with E-state index in [1.165, 1.54) is 25.7 Å². The summed E-state index contributed by atoms with van der Waals surface area (Å²) in [5.74, 6) is -0.978. The van der Waals surface area contributed by atoms with Gasteiger partial charge in [0.25, 0.3) is 0 Å². The first-order chi connectivity index (χ1) is 13.5. The van der Waals surface area contributed by atoms with E-state index in [2.05, 4.69) is 6.92 Å². The topological polar surface area (TPSA) is 101 Å². The minimum atomic E-state index is -0.978. The van der Waals surface area contributed by atoms with Crippen molar-refractivity contribution in [3.05, 3.63) is 0 Å². The van der Waals surface area contributed by atoms with Crippen LogP contribution in [-0.4, -0.2) is 65.4 Å². The normalized spacial score (nSPS) is 14.6. The monoisotopic (exact) mass is 419 g/mol. The van der Waals surface area contributed by atoms with Gasteiger partial charge in [0.15, 0.2) is 6.23 Å². The summed E-state index contributed by atoms with van der Waals surface area (Å²) in [4.78, 5) is 10.2. The van der Waals surface area contributed by atoms with E-state index in [9.17, 15) is 20.1 Å². The average Bonchev–Trinajstić information content (AvgIpc) is 2.62. The minimum Gasteiger partial charge on any atom is -0.550 e. The first-order valence-electron chi connectivity index (χ1n) is 11.6. The van der Waals surface area contributed by atoms with Gasteiger partial charge < -0.3 is 29.7 Å². The summed E-state index contributed by atoms with van der Waals surface area (Å²) in [6.07, 6.45) is 11.6. The summed E-state index contributed by atoms with van der Waals surface area (Å²) in [6.45, 7) is 3.98. The maximum absolute atomic E-state index is 10.2. The van der Waals surface area contributed by atoms with Crippen molar-refractivity contribution in [3.63, 3.8) is 0 Å². The molecule has 0 amide bonds. The van der Waals surface area contributed by atoms with Crippen LogP contribution in [0.5, 0.6) is 0 Å². The van der Waals surface area contributed by atoms with Crippen LogP contribution in [0.3, 0.4) is 0 Å². The number of hydrogen-bond donors (Lipinski definition) is 3. The van der Waals surface area contributed by atoms with Gasteiger partial charge in [0.05, 0.1) is 33.4 Å². The fourth-order valence-corrected chi connectivity index (χ4v) is 2.67. The van der Waals surface area contributed by atoms with E-state index < -0.39 is 18.2 Å². The molecule has 0 aromatic carbocycles. The highest BCUT2D eigenvalue weighted by atomic mass is 16.4. The van der Waals surface area contributed by atoms with Crippen molar-refractivity contribution in [1.29, 1.82) is 0 Å². The predicted octanol–water partition coefficient (Wildman–Crippen LogP) is 2.97. The number of unbranched alkanes of at least 4 members (excludes halogenated alkanes) is 9. The second-order valence-corrected chi connectivity index (χ2v) is 9.12. The van der Waals surface area contributed by atoms with E-state index >= 15 is 0 Å². The largest absolute Gasteiger partial charge is 0.550 e. The lowest BCUT2D eigenvalue weighted by Gasteiger charge is -2.26. The smallest absolute Gasteiger partial charge is 0.187 e. The first-order valence-corrected chi connectivity index (χ1v) is 11.6. The molecule has 0 bridgehead atoms. The molecule has 3 unspecified atom stereocenters. The molecule has 0 rings (SSSR count). The molecule has 3 N–H and O–H groups in total. The molecule has 176 valence electrons. The summed E-state index contributed by atoms with van der Waals surface area (Å²) in [6, 6.07) is 0. The predicted molar refractivity (Wildman–Crippen MR) is 117 cm³/mol. The zero-order chi connectivity index (χ0) is 22.7. The molecule has 6 heteroatoms. The van der Waals surface area contributed by atoms with E-state index in [1.54, 1.807) is 6.92 Å². The van der Waals surface area contributed by atoms with E-state index in [0.29, 0.717) is 23.7 Å². The molecular weight excluding hydrogens is 370 g/mol. The summed E-state index contributed by atoms with van der Waals surface area (Å²) in [7, 11) is 5.85. The Kier molecular flexibility index (Phi) is 20.3. The molecule has 6 nitrogen and oxygen atoms in total. The molecule has 0 aliphatic carbocycles. The summed E-state index contributed by atoms with van der Waals surface area (Å²) >= 11 is 0. The van der Waals surface area contributed by atoms with Crippen LogP contribution in [-0.2, 0) is 4.79 Å². The van der Waals surface area contributed by atoms with Crippen LogP contribution in [0.1, 0.15) is 104 Å². The number of nitrogens with zero attached hydrogens (tertiary/aromatic N) is 1. The molecule has 3 atom stereocenters. The van der Waals surface area contributed by atoms with Gasteiger partial charge in [-0.2, -0.15) is 0 Å². The molecule has 0 spiro atoms. The number of aliphatic carboxylic acids is 1. The Labute approximate surface area is 179 Å². The Hall–Kier alpha value is -0.690.